The lowest BCUT2D eigenvalue weighted by molar-refractivity contribution is 0.224. The highest BCUT2D eigenvalue weighted by molar-refractivity contribution is 6.35. The largest absolute Gasteiger partial charge is 0.490 e. The first-order chi connectivity index (χ1) is 11.4. The summed E-state index contributed by atoms with van der Waals surface area (Å²) in [5.74, 6) is 1.21. The van der Waals surface area contributed by atoms with Gasteiger partial charge in [0, 0.05) is 22.3 Å². The molecule has 3 nitrogen and oxygen atoms in total. The number of anilines is 1. The van der Waals surface area contributed by atoms with Crippen molar-refractivity contribution >= 4 is 40.5 Å². The van der Waals surface area contributed by atoms with Crippen LogP contribution in [0.4, 0.5) is 5.69 Å². The van der Waals surface area contributed by atoms with Crippen molar-refractivity contribution in [2.75, 3.05) is 11.9 Å². The van der Waals surface area contributed by atoms with E-state index in [1.165, 1.54) is 0 Å². The number of rotatable bonds is 7. The molecular formula is C18H20Cl3NO2. The molecule has 0 bridgehead atoms. The molecule has 0 heterocycles. The van der Waals surface area contributed by atoms with Gasteiger partial charge in [0.1, 0.15) is 0 Å². The fraction of sp³-hybridized carbons (Fsp3) is 0.333. The Hall–Kier alpha value is -1.29. The highest BCUT2D eigenvalue weighted by Crippen LogP contribution is 2.37. The minimum absolute atomic E-state index is 0.0132. The molecule has 0 radical (unpaired) electrons. The molecule has 2 rings (SSSR count). The molecule has 0 atom stereocenters. The highest BCUT2D eigenvalue weighted by atomic mass is 35.5. The summed E-state index contributed by atoms with van der Waals surface area (Å²) < 4.78 is 11.4. The van der Waals surface area contributed by atoms with Gasteiger partial charge in [0.25, 0.3) is 0 Å². The molecule has 0 fully saturated rings. The zero-order valence-electron chi connectivity index (χ0n) is 13.8. The van der Waals surface area contributed by atoms with E-state index >= 15 is 0 Å². The van der Waals surface area contributed by atoms with E-state index in [-0.39, 0.29) is 6.10 Å². The van der Waals surface area contributed by atoms with E-state index in [1.807, 2.05) is 45.0 Å². The topological polar surface area (TPSA) is 30.5 Å². The van der Waals surface area contributed by atoms with Crippen LogP contribution >= 0.6 is 34.8 Å². The molecule has 1 N–H and O–H groups in total. The molecule has 6 heteroatoms. The summed E-state index contributed by atoms with van der Waals surface area (Å²) in [7, 11) is 0. The summed E-state index contributed by atoms with van der Waals surface area (Å²) in [6.45, 7) is 6.91. The SMILES string of the molecule is CCOc1cc(CNc2cc(Cl)cc(Cl)c2)cc(Cl)c1OC(C)C. The number of ether oxygens (including phenoxy) is 2. The van der Waals surface area contributed by atoms with E-state index in [0.717, 1.165) is 11.3 Å². The number of nitrogens with one attached hydrogen (secondary N) is 1. The van der Waals surface area contributed by atoms with E-state index in [0.29, 0.717) is 39.7 Å². The van der Waals surface area contributed by atoms with Gasteiger partial charge in [-0.25, -0.2) is 0 Å². The minimum Gasteiger partial charge on any atom is -0.490 e. The molecule has 0 saturated carbocycles. The Morgan fingerprint density at radius 1 is 1.00 bits per heavy atom. The van der Waals surface area contributed by atoms with Crippen LogP contribution in [0.15, 0.2) is 30.3 Å². The van der Waals surface area contributed by atoms with Gasteiger partial charge in [0.05, 0.1) is 17.7 Å². The van der Waals surface area contributed by atoms with Crippen molar-refractivity contribution in [3.63, 3.8) is 0 Å². The maximum atomic E-state index is 6.37. The van der Waals surface area contributed by atoms with Gasteiger partial charge < -0.3 is 14.8 Å². The predicted octanol–water partition coefficient (Wildman–Crippen LogP) is 6.44. The molecular weight excluding hydrogens is 369 g/mol. The van der Waals surface area contributed by atoms with E-state index in [4.69, 9.17) is 44.3 Å². The molecule has 0 amide bonds. The first-order valence-electron chi connectivity index (χ1n) is 7.71. The van der Waals surface area contributed by atoms with Crippen molar-refractivity contribution in [3.8, 4) is 11.5 Å². The Morgan fingerprint density at radius 2 is 1.67 bits per heavy atom. The number of halogens is 3. The summed E-state index contributed by atoms with van der Waals surface area (Å²) in [5, 5.41) is 4.96. The van der Waals surface area contributed by atoms with Crippen LogP contribution in [0, 0.1) is 0 Å². The zero-order chi connectivity index (χ0) is 17.7. The third kappa shape index (κ3) is 5.37. The van der Waals surface area contributed by atoms with Crippen molar-refractivity contribution in [1.29, 1.82) is 0 Å². The Labute approximate surface area is 157 Å². The lowest BCUT2D eigenvalue weighted by Gasteiger charge is -2.17. The summed E-state index contributed by atoms with van der Waals surface area (Å²) in [5.41, 5.74) is 1.81. The maximum Gasteiger partial charge on any atom is 0.180 e. The van der Waals surface area contributed by atoms with Crippen LogP contribution in [-0.2, 0) is 6.54 Å². The van der Waals surface area contributed by atoms with Gasteiger partial charge in [-0.15, -0.1) is 0 Å². The fourth-order valence-corrected chi connectivity index (χ4v) is 3.00. The number of benzene rings is 2. The molecule has 0 unspecified atom stereocenters. The monoisotopic (exact) mass is 387 g/mol. The second-order valence-electron chi connectivity index (χ2n) is 5.52. The molecule has 2 aromatic rings. The smallest absolute Gasteiger partial charge is 0.180 e. The molecule has 0 saturated heterocycles. The number of hydrogen-bond acceptors (Lipinski definition) is 3. The van der Waals surface area contributed by atoms with Crippen molar-refractivity contribution < 1.29 is 9.47 Å². The van der Waals surface area contributed by atoms with Crippen LogP contribution in [0.3, 0.4) is 0 Å². The maximum absolute atomic E-state index is 6.37. The lowest BCUT2D eigenvalue weighted by atomic mass is 10.2. The van der Waals surface area contributed by atoms with Gasteiger partial charge in [-0.1, -0.05) is 34.8 Å². The Bertz CT molecular complexity index is 685. The summed E-state index contributed by atoms with van der Waals surface area (Å²) >= 11 is 18.4. The minimum atomic E-state index is 0.0132. The Morgan fingerprint density at radius 3 is 2.25 bits per heavy atom. The summed E-state index contributed by atoms with van der Waals surface area (Å²) in [6.07, 6.45) is 0.0132. The molecule has 0 aliphatic heterocycles. The van der Waals surface area contributed by atoms with E-state index in [2.05, 4.69) is 5.32 Å². The Balaban J connectivity index is 2.20. The molecule has 2 aromatic carbocycles. The van der Waals surface area contributed by atoms with Crippen LogP contribution in [0.25, 0.3) is 0 Å². The quantitative estimate of drug-likeness (QED) is 0.591. The standard InChI is InChI=1S/C18H20Cl3NO2/c1-4-23-17-6-12(5-16(21)18(17)24-11(2)3)10-22-15-8-13(19)7-14(20)9-15/h5-9,11,22H,4,10H2,1-3H3. The van der Waals surface area contributed by atoms with Crippen molar-refractivity contribution in [3.05, 3.63) is 51.0 Å². The van der Waals surface area contributed by atoms with Crippen molar-refractivity contribution in [2.45, 2.75) is 33.4 Å². The first kappa shape index (κ1) is 19.0. The van der Waals surface area contributed by atoms with Crippen LogP contribution in [0.2, 0.25) is 15.1 Å². The third-order valence-corrected chi connectivity index (χ3v) is 3.80. The zero-order valence-corrected chi connectivity index (χ0v) is 16.1. The molecule has 0 spiro atoms. The highest BCUT2D eigenvalue weighted by Gasteiger charge is 2.14. The number of hydrogen-bond donors (Lipinski definition) is 1. The van der Waals surface area contributed by atoms with Crippen molar-refractivity contribution in [2.24, 2.45) is 0 Å². The fourth-order valence-electron chi connectivity index (χ4n) is 2.20. The third-order valence-electron chi connectivity index (χ3n) is 3.08. The van der Waals surface area contributed by atoms with E-state index < -0.39 is 0 Å². The van der Waals surface area contributed by atoms with Crippen LogP contribution < -0.4 is 14.8 Å². The first-order valence-corrected chi connectivity index (χ1v) is 8.84. The van der Waals surface area contributed by atoms with Gasteiger partial charge in [-0.3, -0.25) is 0 Å². The van der Waals surface area contributed by atoms with E-state index in [1.54, 1.807) is 6.07 Å². The average Bonchev–Trinajstić information content (AvgIpc) is 2.47. The summed E-state index contributed by atoms with van der Waals surface area (Å²) in [4.78, 5) is 0. The predicted molar refractivity (Wildman–Crippen MR) is 102 cm³/mol. The van der Waals surface area contributed by atoms with Gasteiger partial charge >= 0.3 is 0 Å². The van der Waals surface area contributed by atoms with Gasteiger partial charge in [0.2, 0.25) is 0 Å². The van der Waals surface area contributed by atoms with E-state index in [9.17, 15) is 0 Å². The average molecular weight is 389 g/mol. The van der Waals surface area contributed by atoms with Gasteiger partial charge in [-0.2, -0.15) is 0 Å². The second kappa shape index (κ2) is 8.70. The van der Waals surface area contributed by atoms with Crippen LogP contribution in [0.5, 0.6) is 11.5 Å². The Kier molecular flexibility index (Phi) is 6.90. The molecule has 0 aromatic heterocycles. The molecule has 24 heavy (non-hydrogen) atoms. The van der Waals surface area contributed by atoms with Gasteiger partial charge in [0.15, 0.2) is 11.5 Å². The van der Waals surface area contributed by atoms with Gasteiger partial charge in [-0.05, 0) is 56.7 Å². The molecule has 0 aliphatic rings. The molecule has 130 valence electrons. The van der Waals surface area contributed by atoms with Crippen LogP contribution in [0.1, 0.15) is 26.3 Å². The normalized spacial score (nSPS) is 10.8. The summed E-state index contributed by atoms with van der Waals surface area (Å²) in [6, 6.07) is 9.10. The van der Waals surface area contributed by atoms with Crippen molar-refractivity contribution in [1.82, 2.24) is 0 Å². The lowest BCUT2D eigenvalue weighted by Crippen LogP contribution is -2.09. The molecule has 0 aliphatic carbocycles. The van der Waals surface area contributed by atoms with Crippen LogP contribution in [-0.4, -0.2) is 12.7 Å². The second-order valence-corrected chi connectivity index (χ2v) is 6.80.